The highest BCUT2D eigenvalue weighted by Crippen LogP contribution is 2.27. The van der Waals surface area contributed by atoms with Crippen molar-refractivity contribution in [3.63, 3.8) is 0 Å². The molecule has 2 heterocycles. The largest absolute Gasteiger partial charge is 0.365 e. The minimum atomic E-state index is -0.653. The second kappa shape index (κ2) is 7.14. The van der Waals surface area contributed by atoms with Crippen LogP contribution < -0.4 is 11.1 Å². The van der Waals surface area contributed by atoms with E-state index in [1.807, 2.05) is 18.2 Å². The average molecular weight is 398 g/mol. The zero-order valence-corrected chi connectivity index (χ0v) is 15.3. The van der Waals surface area contributed by atoms with Crippen LogP contribution in [0, 0.1) is 0 Å². The molecule has 134 valence electrons. The van der Waals surface area contributed by atoms with Crippen LogP contribution in [0.25, 0.3) is 10.2 Å². The SMILES string of the molecule is NC(=O)c1c(Nc2cccc(Cl)c2)n[nH]c1/N=C/c1ccc2snnc2c1. The van der Waals surface area contributed by atoms with Gasteiger partial charge in [0.05, 0.1) is 4.70 Å². The molecular weight excluding hydrogens is 386 g/mol. The standard InChI is InChI=1S/C17H12ClN7OS/c18-10-2-1-3-11(7-10)21-17-14(15(19)26)16(23-24-17)20-8-9-4-5-13-12(6-9)22-25-27-13/h1-8H,(H2,19,26)(H2,21,23,24)/b20-8+. The van der Waals surface area contributed by atoms with E-state index < -0.39 is 5.91 Å². The summed E-state index contributed by atoms with van der Waals surface area (Å²) in [4.78, 5) is 16.2. The second-order valence-electron chi connectivity index (χ2n) is 5.55. The van der Waals surface area contributed by atoms with Gasteiger partial charge in [0.15, 0.2) is 11.6 Å². The molecule has 0 spiro atoms. The third kappa shape index (κ3) is 3.64. The van der Waals surface area contributed by atoms with Crippen molar-refractivity contribution in [2.75, 3.05) is 5.32 Å². The molecule has 0 fully saturated rings. The fraction of sp³-hybridized carbons (Fsp3) is 0. The summed E-state index contributed by atoms with van der Waals surface area (Å²) in [5.41, 5.74) is 7.94. The fourth-order valence-electron chi connectivity index (χ4n) is 2.47. The summed E-state index contributed by atoms with van der Waals surface area (Å²) >= 11 is 7.30. The van der Waals surface area contributed by atoms with E-state index in [1.54, 1.807) is 30.5 Å². The first-order valence-electron chi connectivity index (χ1n) is 7.77. The average Bonchev–Trinajstić information content (AvgIpc) is 3.26. The summed E-state index contributed by atoms with van der Waals surface area (Å²) in [6.07, 6.45) is 1.60. The van der Waals surface area contributed by atoms with Crippen LogP contribution in [0.5, 0.6) is 0 Å². The molecule has 10 heteroatoms. The Morgan fingerprint density at radius 2 is 2.19 bits per heavy atom. The van der Waals surface area contributed by atoms with Crippen molar-refractivity contribution in [1.82, 2.24) is 19.8 Å². The molecular formula is C17H12ClN7OS. The van der Waals surface area contributed by atoms with Crippen LogP contribution in [-0.4, -0.2) is 31.9 Å². The maximum absolute atomic E-state index is 11.9. The van der Waals surface area contributed by atoms with Crippen LogP contribution in [0.3, 0.4) is 0 Å². The monoisotopic (exact) mass is 397 g/mol. The van der Waals surface area contributed by atoms with Gasteiger partial charge < -0.3 is 11.1 Å². The number of carbonyl (C=O) groups is 1. The van der Waals surface area contributed by atoms with Gasteiger partial charge in [-0.1, -0.05) is 28.2 Å². The van der Waals surface area contributed by atoms with Crippen molar-refractivity contribution < 1.29 is 4.79 Å². The summed E-state index contributed by atoms with van der Waals surface area (Å²) in [5.74, 6) is -0.126. The highest BCUT2D eigenvalue weighted by molar-refractivity contribution is 7.12. The molecule has 8 nitrogen and oxygen atoms in total. The van der Waals surface area contributed by atoms with Gasteiger partial charge in [0.1, 0.15) is 11.1 Å². The number of aromatic nitrogens is 4. The molecule has 0 aliphatic carbocycles. The minimum Gasteiger partial charge on any atom is -0.365 e. The lowest BCUT2D eigenvalue weighted by Crippen LogP contribution is -2.12. The van der Waals surface area contributed by atoms with E-state index >= 15 is 0 Å². The van der Waals surface area contributed by atoms with Crippen LogP contribution in [0.4, 0.5) is 17.3 Å². The van der Waals surface area contributed by atoms with Crippen LogP contribution in [0.2, 0.25) is 5.02 Å². The van der Waals surface area contributed by atoms with E-state index in [-0.39, 0.29) is 17.2 Å². The second-order valence-corrected chi connectivity index (χ2v) is 6.78. The number of rotatable bonds is 5. The van der Waals surface area contributed by atoms with E-state index in [0.717, 1.165) is 15.8 Å². The number of nitrogens with one attached hydrogen (secondary N) is 2. The molecule has 2 aromatic carbocycles. The molecule has 0 aliphatic rings. The number of H-pyrrole nitrogens is 1. The van der Waals surface area contributed by atoms with E-state index in [9.17, 15) is 4.79 Å². The number of benzene rings is 2. The van der Waals surface area contributed by atoms with Gasteiger partial charge in [0.2, 0.25) is 0 Å². The molecule has 4 aromatic rings. The summed E-state index contributed by atoms with van der Waals surface area (Å²) < 4.78 is 4.89. The van der Waals surface area contributed by atoms with Crippen molar-refractivity contribution in [3.05, 3.63) is 58.6 Å². The third-order valence-corrected chi connectivity index (χ3v) is 4.63. The van der Waals surface area contributed by atoms with Crippen LogP contribution in [-0.2, 0) is 0 Å². The van der Waals surface area contributed by atoms with Crippen molar-refractivity contribution in [2.45, 2.75) is 0 Å². The number of primary amides is 1. The van der Waals surface area contributed by atoms with Crippen molar-refractivity contribution in [2.24, 2.45) is 10.7 Å². The first-order chi connectivity index (χ1) is 13.1. The van der Waals surface area contributed by atoms with E-state index in [1.165, 1.54) is 11.5 Å². The Bertz CT molecular complexity index is 1170. The van der Waals surface area contributed by atoms with Gasteiger partial charge in [-0.25, -0.2) is 4.99 Å². The van der Waals surface area contributed by atoms with Crippen molar-refractivity contribution in [1.29, 1.82) is 0 Å². The smallest absolute Gasteiger partial charge is 0.256 e. The maximum Gasteiger partial charge on any atom is 0.256 e. The van der Waals surface area contributed by atoms with E-state index in [2.05, 4.69) is 30.1 Å². The Hall–Kier alpha value is -3.30. The number of amides is 1. The fourth-order valence-corrected chi connectivity index (χ4v) is 3.20. The molecule has 0 bridgehead atoms. The zero-order chi connectivity index (χ0) is 18.8. The summed E-state index contributed by atoms with van der Waals surface area (Å²) in [5, 5.41) is 14.4. The lowest BCUT2D eigenvalue weighted by Gasteiger charge is -2.04. The molecule has 0 radical (unpaired) electrons. The molecule has 0 unspecified atom stereocenters. The Morgan fingerprint density at radius 3 is 3.00 bits per heavy atom. The number of aliphatic imine (C=N–C) groups is 1. The van der Waals surface area contributed by atoms with Gasteiger partial charge in [-0.05, 0) is 47.4 Å². The molecule has 2 aromatic heterocycles. The summed E-state index contributed by atoms with van der Waals surface area (Å²) in [6.45, 7) is 0. The Labute approximate surface area is 162 Å². The summed E-state index contributed by atoms with van der Waals surface area (Å²) in [6, 6.07) is 12.7. The van der Waals surface area contributed by atoms with Gasteiger partial charge in [0, 0.05) is 16.9 Å². The number of hydrogen-bond acceptors (Lipinski definition) is 7. The summed E-state index contributed by atoms with van der Waals surface area (Å²) in [7, 11) is 0. The van der Waals surface area contributed by atoms with E-state index in [4.69, 9.17) is 17.3 Å². The topological polar surface area (TPSA) is 122 Å². The van der Waals surface area contributed by atoms with Crippen LogP contribution in [0.15, 0.2) is 47.5 Å². The number of halogens is 1. The maximum atomic E-state index is 11.9. The highest BCUT2D eigenvalue weighted by Gasteiger charge is 2.18. The molecule has 4 rings (SSSR count). The molecule has 27 heavy (non-hydrogen) atoms. The predicted octanol–water partition coefficient (Wildman–Crippen LogP) is 3.66. The molecule has 0 saturated heterocycles. The van der Waals surface area contributed by atoms with Gasteiger partial charge >= 0.3 is 0 Å². The highest BCUT2D eigenvalue weighted by atomic mass is 35.5. The number of nitrogens with zero attached hydrogens (tertiary/aromatic N) is 4. The van der Waals surface area contributed by atoms with Gasteiger partial charge in [0.25, 0.3) is 5.91 Å². The third-order valence-electron chi connectivity index (χ3n) is 3.69. The number of fused-ring (bicyclic) bond motifs is 1. The Balaban J connectivity index is 1.64. The zero-order valence-electron chi connectivity index (χ0n) is 13.7. The number of nitrogens with two attached hydrogens (primary N) is 1. The molecule has 1 amide bonds. The van der Waals surface area contributed by atoms with Crippen LogP contribution in [0.1, 0.15) is 15.9 Å². The van der Waals surface area contributed by atoms with Crippen molar-refractivity contribution in [3.8, 4) is 0 Å². The first-order valence-corrected chi connectivity index (χ1v) is 8.92. The molecule has 0 atom stereocenters. The van der Waals surface area contributed by atoms with Crippen LogP contribution >= 0.6 is 23.1 Å². The lowest BCUT2D eigenvalue weighted by molar-refractivity contribution is 0.100. The first kappa shape index (κ1) is 17.1. The lowest BCUT2D eigenvalue weighted by atomic mass is 10.2. The molecule has 0 aliphatic heterocycles. The van der Waals surface area contributed by atoms with Gasteiger partial charge in [-0.2, -0.15) is 5.10 Å². The number of anilines is 2. The minimum absolute atomic E-state index is 0.155. The number of carbonyl (C=O) groups excluding carboxylic acids is 1. The van der Waals surface area contributed by atoms with Gasteiger partial charge in [-0.15, -0.1) is 5.10 Å². The number of hydrogen-bond donors (Lipinski definition) is 3. The molecule has 0 saturated carbocycles. The predicted molar refractivity (Wildman–Crippen MR) is 107 cm³/mol. The van der Waals surface area contributed by atoms with Crippen molar-refractivity contribution >= 4 is 62.8 Å². The normalized spacial score (nSPS) is 11.3. The van der Waals surface area contributed by atoms with E-state index in [0.29, 0.717) is 10.7 Å². The Kier molecular flexibility index (Phi) is 4.53. The quantitative estimate of drug-likeness (QED) is 0.443. The Morgan fingerprint density at radius 1 is 1.30 bits per heavy atom. The number of aromatic amines is 1. The molecule has 4 N–H and O–H groups in total. The van der Waals surface area contributed by atoms with Gasteiger partial charge in [-0.3, -0.25) is 9.89 Å².